The molecule has 1 N–H and O–H groups in total. The Morgan fingerprint density at radius 3 is 2.53 bits per heavy atom. The van der Waals surface area contributed by atoms with Crippen LogP contribution in [0.2, 0.25) is 0 Å². The molecule has 1 amide bonds. The molecule has 1 aliphatic rings. The van der Waals surface area contributed by atoms with Crippen molar-refractivity contribution in [3.63, 3.8) is 0 Å². The van der Waals surface area contributed by atoms with E-state index >= 15 is 0 Å². The summed E-state index contributed by atoms with van der Waals surface area (Å²) in [4.78, 5) is 14.3. The molecule has 1 rings (SSSR count). The molecule has 0 spiro atoms. The number of hydrogen-bond acceptors (Lipinski definition) is 3. The lowest BCUT2D eigenvalue weighted by Gasteiger charge is -2.23. The van der Waals surface area contributed by atoms with Crippen LogP contribution < -0.4 is 5.32 Å². The van der Waals surface area contributed by atoms with Gasteiger partial charge in [0.25, 0.3) is 0 Å². The van der Waals surface area contributed by atoms with E-state index in [2.05, 4.69) is 19.2 Å². The Kier molecular flexibility index (Phi) is 7.61. The first-order valence-corrected chi connectivity index (χ1v) is 9.04. The number of nitrogens with zero attached hydrogens (tertiary/aromatic N) is 1. The first-order chi connectivity index (χ1) is 9.13. The van der Waals surface area contributed by atoms with Gasteiger partial charge in [-0.25, -0.2) is 0 Å². The van der Waals surface area contributed by atoms with Gasteiger partial charge in [0.05, 0.1) is 12.2 Å². The van der Waals surface area contributed by atoms with Crippen molar-refractivity contribution >= 4 is 16.7 Å². The monoisotopic (exact) mass is 288 g/mol. The predicted octanol–water partition coefficient (Wildman–Crippen LogP) is 1.87. The molecule has 4 nitrogen and oxygen atoms in total. The zero-order valence-corrected chi connectivity index (χ0v) is 13.3. The third kappa shape index (κ3) is 4.88. The van der Waals surface area contributed by atoms with Crippen LogP contribution >= 0.6 is 0 Å². The Balaban J connectivity index is 2.57. The molecule has 1 fully saturated rings. The third-order valence-electron chi connectivity index (χ3n) is 3.64. The largest absolute Gasteiger partial charge is 0.325 e. The van der Waals surface area contributed by atoms with Gasteiger partial charge in [-0.05, 0) is 12.8 Å². The molecule has 0 aromatic heterocycles. The summed E-state index contributed by atoms with van der Waals surface area (Å²) >= 11 is 0. The van der Waals surface area contributed by atoms with Gasteiger partial charge in [0.2, 0.25) is 5.91 Å². The second kappa shape index (κ2) is 8.69. The average molecular weight is 288 g/mol. The minimum absolute atomic E-state index is 0.0217. The molecule has 5 heteroatoms. The lowest BCUT2D eigenvalue weighted by molar-refractivity contribution is -0.129. The fourth-order valence-corrected chi connectivity index (χ4v) is 3.17. The highest BCUT2D eigenvalue weighted by atomic mass is 32.2. The van der Waals surface area contributed by atoms with Crippen LogP contribution in [-0.4, -0.2) is 45.3 Å². The van der Waals surface area contributed by atoms with Crippen LogP contribution in [0.1, 0.15) is 52.9 Å². The van der Waals surface area contributed by atoms with Crippen molar-refractivity contribution in [3.05, 3.63) is 0 Å². The van der Waals surface area contributed by atoms with Crippen molar-refractivity contribution in [2.75, 3.05) is 18.1 Å². The van der Waals surface area contributed by atoms with Gasteiger partial charge in [0.1, 0.15) is 0 Å². The highest BCUT2D eigenvalue weighted by Gasteiger charge is 2.37. The molecule has 112 valence electrons. The van der Waals surface area contributed by atoms with Gasteiger partial charge in [0.15, 0.2) is 0 Å². The molecule has 0 aliphatic carbocycles. The second-order valence-corrected chi connectivity index (χ2v) is 7.00. The summed E-state index contributed by atoms with van der Waals surface area (Å²) in [5.41, 5.74) is 0. The molecule has 1 heterocycles. The molecule has 0 radical (unpaired) electrons. The first-order valence-electron chi connectivity index (χ1n) is 7.55. The van der Waals surface area contributed by atoms with Crippen LogP contribution in [0.5, 0.6) is 0 Å². The van der Waals surface area contributed by atoms with Crippen molar-refractivity contribution in [1.82, 2.24) is 10.2 Å². The normalized spacial score (nSPS) is 25.0. The second-order valence-electron chi connectivity index (χ2n) is 5.13. The Labute approximate surface area is 119 Å². The number of amides is 1. The van der Waals surface area contributed by atoms with Crippen molar-refractivity contribution in [2.24, 2.45) is 0 Å². The van der Waals surface area contributed by atoms with Crippen LogP contribution in [-0.2, 0) is 15.6 Å². The van der Waals surface area contributed by atoms with E-state index in [0.717, 1.165) is 32.1 Å². The summed E-state index contributed by atoms with van der Waals surface area (Å²) in [6.45, 7) is 6.83. The van der Waals surface area contributed by atoms with Crippen molar-refractivity contribution in [1.29, 1.82) is 0 Å². The van der Waals surface area contributed by atoms with Gasteiger partial charge in [-0.15, -0.1) is 0 Å². The fourth-order valence-electron chi connectivity index (χ4n) is 2.49. The third-order valence-corrected chi connectivity index (χ3v) is 4.92. The molecule has 3 unspecified atom stereocenters. The van der Waals surface area contributed by atoms with E-state index < -0.39 is 10.8 Å². The molecular weight excluding hydrogens is 260 g/mol. The molecule has 1 aliphatic heterocycles. The zero-order chi connectivity index (χ0) is 14.3. The van der Waals surface area contributed by atoms with Gasteiger partial charge >= 0.3 is 0 Å². The summed E-state index contributed by atoms with van der Waals surface area (Å²) in [5, 5.41) is 3.45. The van der Waals surface area contributed by atoms with Gasteiger partial charge in [0, 0.05) is 28.9 Å². The molecule has 0 aromatic carbocycles. The van der Waals surface area contributed by atoms with Gasteiger partial charge in [-0.3, -0.25) is 14.3 Å². The number of carbonyl (C=O) groups excluding carboxylic acids is 1. The van der Waals surface area contributed by atoms with E-state index in [1.165, 1.54) is 0 Å². The van der Waals surface area contributed by atoms with Crippen LogP contribution in [0.3, 0.4) is 0 Å². The van der Waals surface area contributed by atoms with Crippen LogP contribution in [0, 0.1) is 0 Å². The lowest BCUT2D eigenvalue weighted by atomic mass is 10.1. The molecule has 0 saturated carbocycles. The molecule has 1 saturated heterocycles. The van der Waals surface area contributed by atoms with E-state index in [-0.39, 0.29) is 18.1 Å². The SMILES string of the molecule is CCCCC1NC(CCC)N(CCS(=O)CC)C1=O. The van der Waals surface area contributed by atoms with E-state index in [4.69, 9.17) is 0 Å². The van der Waals surface area contributed by atoms with Crippen LogP contribution in [0.25, 0.3) is 0 Å². The summed E-state index contributed by atoms with van der Waals surface area (Å²) in [7, 11) is -0.795. The first kappa shape index (κ1) is 16.6. The van der Waals surface area contributed by atoms with E-state index in [0.29, 0.717) is 18.1 Å². The average Bonchev–Trinajstić information content (AvgIpc) is 2.70. The number of rotatable bonds is 9. The quantitative estimate of drug-likeness (QED) is 0.704. The molecule has 3 atom stereocenters. The summed E-state index contributed by atoms with van der Waals surface area (Å²) < 4.78 is 11.5. The molecule has 0 bridgehead atoms. The number of hydrogen-bond donors (Lipinski definition) is 1. The lowest BCUT2D eigenvalue weighted by Crippen LogP contribution is -2.39. The summed E-state index contributed by atoms with van der Waals surface area (Å²) in [5.74, 6) is 1.48. The molecule has 0 aromatic rings. The standard InChI is InChI=1S/C14H28N2O2S/c1-4-7-9-12-14(17)16(10-11-19(18)6-3)13(15-12)8-5-2/h12-13,15H,4-11H2,1-3H3. The Morgan fingerprint density at radius 1 is 1.21 bits per heavy atom. The van der Waals surface area contributed by atoms with Gasteiger partial charge in [-0.2, -0.15) is 0 Å². The smallest absolute Gasteiger partial charge is 0.241 e. The zero-order valence-electron chi connectivity index (χ0n) is 12.5. The number of unbranched alkanes of at least 4 members (excludes halogenated alkanes) is 1. The maximum absolute atomic E-state index is 12.4. The Hall–Kier alpha value is -0.420. The number of nitrogens with one attached hydrogen (secondary N) is 1. The maximum Gasteiger partial charge on any atom is 0.241 e. The molecule has 19 heavy (non-hydrogen) atoms. The van der Waals surface area contributed by atoms with Crippen molar-refractivity contribution in [3.8, 4) is 0 Å². The summed E-state index contributed by atoms with van der Waals surface area (Å²) in [6.07, 6.45) is 5.29. The minimum atomic E-state index is -0.795. The van der Waals surface area contributed by atoms with E-state index in [9.17, 15) is 9.00 Å². The number of carbonyl (C=O) groups is 1. The van der Waals surface area contributed by atoms with Gasteiger partial charge in [-0.1, -0.05) is 40.0 Å². The van der Waals surface area contributed by atoms with Crippen molar-refractivity contribution in [2.45, 2.75) is 65.1 Å². The Morgan fingerprint density at radius 2 is 1.95 bits per heavy atom. The summed E-state index contributed by atoms with van der Waals surface area (Å²) in [6, 6.07) is -0.0217. The highest BCUT2D eigenvalue weighted by molar-refractivity contribution is 7.84. The van der Waals surface area contributed by atoms with E-state index in [1.54, 1.807) is 0 Å². The Bertz CT molecular complexity index is 310. The molecular formula is C14H28N2O2S. The fraction of sp³-hybridized carbons (Fsp3) is 0.929. The van der Waals surface area contributed by atoms with E-state index in [1.807, 2.05) is 11.8 Å². The topological polar surface area (TPSA) is 49.4 Å². The van der Waals surface area contributed by atoms with Crippen LogP contribution in [0.15, 0.2) is 0 Å². The van der Waals surface area contributed by atoms with Crippen LogP contribution in [0.4, 0.5) is 0 Å². The predicted molar refractivity (Wildman–Crippen MR) is 80.4 cm³/mol. The minimum Gasteiger partial charge on any atom is -0.325 e. The maximum atomic E-state index is 12.4. The highest BCUT2D eigenvalue weighted by Crippen LogP contribution is 2.18. The van der Waals surface area contributed by atoms with Gasteiger partial charge < -0.3 is 4.90 Å². The van der Waals surface area contributed by atoms with Crippen molar-refractivity contribution < 1.29 is 9.00 Å².